The Labute approximate surface area is 162 Å². The zero-order valence-electron chi connectivity index (χ0n) is 16.6. The summed E-state index contributed by atoms with van der Waals surface area (Å²) < 4.78 is 0. The van der Waals surface area contributed by atoms with Crippen LogP contribution in [0, 0.1) is 11.8 Å². The van der Waals surface area contributed by atoms with Gasteiger partial charge in [0, 0.05) is 24.8 Å². The number of benzene rings is 2. The van der Waals surface area contributed by atoms with Gasteiger partial charge in [-0.1, -0.05) is 63.2 Å². The SMILES string of the molecule is CC(C)CCN1Cc2cccc(NC(=O)C(C)C(N)c3ccccc3)c2C1. The number of hydrogen-bond acceptors (Lipinski definition) is 3. The third-order valence-corrected chi connectivity index (χ3v) is 5.47. The van der Waals surface area contributed by atoms with Gasteiger partial charge in [0.15, 0.2) is 0 Å². The van der Waals surface area contributed by atoms with Crippen LogP contribution in [-0.2, 0) is 17.9 Å². The topological polar surface area (TPSA) is 58.4 Å². The van der Waals surface area contributed by atoms with Crippen molar-refractivity contribution in [2.24, 2.45) is 17.6 Å². The largest absolute Gasteiger partial charge is 0.325 e. The molecule has 2 unspecified atom stereocenters. The quantitative estimate of drug-likeness (QED) is 0.768. The van der Waals surface area contributed by atoms with E-state index in [1.807, 2.05) is 49.4 Å². The monoisotopic (exact) mass is 365 g/mol. The smallest absolute Gasteiger partial charge is 0.229 e. The molecule has 1 heterocycles. The molecule has 0 radical (unpaired) electrons. The molecule has 0 fully saturated rings. The van der Waals surface area contributed by atoms with Gasteiger partial charge in [0.25, 0.3) is 0 Å². The lowest BCUT2D eigenvalue weighted by molar-refractivity contribution is -0.120. The van der Waals surface area contributed by atoms with E-state index in [1.54, 1.807) is 0 Å². The second kappa shape index (κ2) is 8.68. The lowest BCUT2D eigenvalue weighted by Gasteiger charge is -2.21. The molecule has 3 rings (SSSR count). The van der Waals surface area contributed by atoms with Crippen molar-refractivity contribution in [3.05, 3.63) is 65.2 Å². The molecule has 0 saturated heterocycles. The Bertz CT molecular complexity index is 772. The van der Waals surface area contributed by atoms with Crippen molar-refractivity contribution < 1.29 is 4.79 Å². The van der Waals surface area contributed by atoms with Gasteiger partial charge in [-0.3, -0.25) is 9.69 Å². The van der Waals surface area contributed by atoms with Crippen LogP contribution in [0.3, 0.4) is 0 Å². The second-order valence-electron chi connectivity index (χ2n) is 8.05. The minimum atomic E-state index is -0.314. The van der Waals surface area contributed by atoms with E-state index in [-0.39, 0.29) is 17.9 Å². The highest BCUT2D eigenvalue weighted by Gasteiger charge is 2.25. The summed E-state index contributed by atoms with van der Waals surface area (Å²) in [5, 5.41) is 3.13. The summed E-state index contributed by atoms with van der Waals surface area (Å²) in [5.74, 6) is 0.371. The molecule has 1 aliphatic heterocycles. The lowest BCUT2D eigenvalue weighted by Crippen LogP contribution is -2.30. The Kier molecular flexibility index (Phi) is 6.30. The van der Waals surface area contributed by atoms with Crippen molar-refractivity contribution in [2.45, 2.75) is 46.3 Å². The number of amides is 1. The standard InChI is InChI=1S/C23H31N3O/c1-16(2)12-13-26-14-19-10-7-11-21(20(19)15-26)25-23(27)17(3)22(24)18-8-5-4-6-9-18/h4-11,16-17,22H,12-15,24H2,1-3H3,(H,25,27). The van der Waals surface area contributed by atoms with Gasteiger partial charge in [-0.25, -0.2) is 0 Å². The molecule has 4 nitrogen and oxygen atoms in total. The van der Waals surface area contributed by atoms with E-state index >= 15 is 0 Å². The fourth-order valence-electron chi connectivity index (χ4n) is 3.58. The number of nitrogens with one attached hydrogen (secondary N) is 1. The van der Waals surface area contributed by atoms with E-state index in [1.165, 1.54) is 17.5 Å². The van der Waals surface area contributed by atoms with Gasteiger partial charge >= 0.3 is 0 Å². The van der Waals surface area contributed by atoms with Crippen molar-refractivity contribution in [3.63, 3.8) is 0 Å². The highest BCUT2D eigenvalue weighted by atomic mass is 16.1. The number of hydrogen-bond donors (Lipinski definition) is 2. The maximum Gasteiger partial charge on any atom is 0.229 e. The molecule has 0 spiro atoms. The van der Waals surface area contributed by atoms with Gasteiger partial charge < -0.3 is 11.1 Å². The number of carbonyl (C=O) groups is 1. The Morgan fingerprint density at radius 3 is 2.52 bits per heavy atom. The number of nitrogens with two attached hydrogens (primary N) is 1. The van der Waals surface area contributed by atoms with Crippen LogP contribution in [0.1, 0.15) is 49.9 Å². The molecular weight excluding hydrogens is 334 g/mol. The summed E-state index contributed by atoms with van der Waals surface area (Å²) in [4.78, 5) is 15.3. The van der Waals surface area contributed by atoms with Crippen molar-refractivity contribution in [3.8, 4) is 0 Å². The predicted molar refractivity (Wildman–Crippen MR) is 111 cm³/mol. The molecule has 2 atom stereocenters. The minimum absolute atomic E-state index is 0.0274. The Hall–Kier alpha value is -2.17. The van der Waals surface area contributed by atoms with Gasteiger partial charge in [-0.05, 0) is 41.6 Å². The van der Waals surface area contributed by atoms with Crippen LogP contribution in [0.2, 0.25) is 0 Å². The number of nitrogens with zero attached hydrogens (tertiary/aromatic N) is 1. The second-order valence-corrected chi connectivity index (χ2v) is 8.05. The van der Waals surface area contributed by atoms with Crippen molar-refractivity contribution >= 4 is 11.6 Å². The summed E-state index contributed by atoms with van der Waals surface area (Å²) >= 11 is 0. The highest BCUT2D eigenvalue weighted by Crippen LogP contribution is 2.30. The number of carbonyl (C=O) groups excluding carboxylic acids is 1. The van der Waals surface area contributed by atoms with Gasteiger partial charge in [-0.2, -0.15) is 0 Å². The summed E-state index contributed by atoms with van der Waals surface area (Å²) in [5.41, 5.74) is 10.8. The summed E-state index contributed by atoms with van der Waals surface area (Å²) in [6.07, 6.45) is 1.19. The molecule has 4 heteroatoms. The first-order valence-electron chi connectivity index (χ1n) is 9.90. The number of rotatable bonds is 7. The molecule has 0 saturated carbocycles. The molecule has 1 amide bonds. The first-order chi connectivity index (χ1) is 13.0. The van der Waals surface area contributed by atoms with Crippen LogP contribution in [0.4, 0.5) is 5.69 Å². The fraction of sp³-hybridized carbons (Fsp3) is 0.435. The number of anilines is 1. The normalized spacial score (nSPS) is 16.2. The highest BCUT2D eigenvalue weighted by molar-refractivity contribution is 5.93. The third kappa shape index (κ3) is 4.76. The van der Waals surface area contributed by atoms with Crippen LogP contribution in [0.25, 0.3) is 0 Å². The molecule has 27 heavy (non-hydrogen) atoms. The van der Waals surface area contributed by atoms with Crippen LogP contribution in [0.15, 0.2) is 48.5 Å². The van der Waals surface area contributed by atoms with Crippen LogP contribution < -0.4 is 11.1 Å². The molecule has 2 aromatic carbocycles. The molecule has 2 aromatic rings. The molecule has 0 aromatic heterocycles. The van der Waals surface area contributed by atoms with E-state index in [4.69, 9.17) is 5.73 Å². The van der Waals surface area contributed by atoms with Gasteiger partial charge in [0.2, 0.25) is 5.91 Å². The zero-order valence-corrected chi connectivity index (χ0v) is 16.6. The van der Waals surface area contributed by atoms with E-state index in [2.05, 4.69) is 30.1 Å². The van der Waals surface area contributed by atoms with E-state index < -0.39 is 0 Å². The predicted octanol–water partition coefficient (Wildman–Crippen LogP) is 4.32. The molecule has 144 valence electrons. The Morgan fingerprint density at radius 2 is 1.81 bits per heavy atom. The Morgan fingerprint density at radius 1 is 1.07 bits per heavy atom. The minimum Gasteiger partial charge on any atom is -0.325 e. The maximum absolute atomic E-state index is 12.8. The molecule has 3 N–H and O–H groups in total. The van der Waals surface area contributed by atoms with Gasteiger partial charge in [0.05, 0.1) is 5.92 Å². The first kappa shape index (κ1) is 19.6. The average molecular weight is 366 g/mol. The number of fused-ring (bicyclic) bond motifs is 1. The average Bonchev–Trinajstić information content (AvgIpc) is 3.10. The van der Waals surface area contributed by atoms with E-state index in [0.29, 0.717) is 5.92 Å². The van der Waals surface area contributed by atoms with E-state index in [9.17, 15) is 4.79 Å². The van der Waals surface area contributed by atoms with Crippen molar-refractivity contribution in [1.29, 1.82) is 0 Å². The fourth-order valence-corrected chi connectivity index (χ4v) is 3.58. The lowest BCUT2D eigenvalue weighted by atomic mass is 9.94. The van der Waals surface area contributed by atoms with Crippen LogP contribution in [0.5, 0.6) is 0 Å². The third-order valence-electron chi connectivity index (χ3n) is 5.47. The maximum atomic E-state index is 12.8. The molecular formula is C23H31N3O. The van der Waals surface area contributed by atoms with Crippen molar-refractivity contribution in [2.75, 3.05) is 11.9 Å². The van der Waals surface area contributed by atoms with Gasteiger partial charge in [0.1, 0.15) is 0 Å². The van der Waals surface area contributed by atoms with Crippen LogP contribution >= 0.6 is 0 Å². The van der Waals surface area contributed by atoms with Gasteiger partial charge in [-0.15, -0.1) is 0 Å². The zero-order chi connectivity index (χ0) is 19.4. The van der Waals surface area contributed by atoms with Crippen LogP contribution in [-0.4, -0.2) is 17.4 Å². The first-order valence-corrected chi connectivity index (χ1v) is 9.90. The molecule has 0 aliphatic carbocycles. The summed E-state index contributed by atoms with van der Waals surface area (Å²) in [6.45, 7) is 9.36. The summed E-state index contributed by atoms with van der Waals surface area (Å²) in [7, 11) is 0. The molecule has 1 aliphatic rings. The van der Waals surface area contributed by atoms with Crippen molar-refractivity contribution in [1.82, 2.24) is 4.90 Å². The molecule has 0 bridgehead atoms. The van der Waals surface area contributed by atoms with E-state index in [0.717, 1.165) is 30.9 Å². The summed E-state index contributed by atoms with van der Waals surface area (Å²) in [6, 6.07) is 15.7. The Balaban J connectivity index is 1.67.